The number of benzene rings is 2. The van der Waals surface area contributed by atoms with Gasteiger partial charge in [-0.05, 0) is 43.1 Å². The third-order valence-electron chi connectivity index (χ3n) is 3.87. The predicted octanol–water partition coefficient (Wildman–Crippen LogP) is 3.91. The predicted molar refractivity (Wildman–Crippen MR) is 97.8 cm³/mol. The molecular weight excluding hydrogens is 344 g/mol. The molecule has 25 heavy (non-hydrogen) atoms. The highest BCUT2D eigenvalue weighted by Gasteiger charge is 2.18. The van der Waals surface area contributed by atoms with Crippen LogP contribution in [0.25, 0.3) is 0 Å². The molecule has 0 radical (unpaired) electrons. The van der Waals surface area contributed by atoms with Gasteiger partial charge in [-0.15, -0.1) is 0 Å². The van der Waals surface area contributed by atoms with Gasteiger partial charge in [0.15, 0.2) is 5.75 Å². The Balaban J connectivity index is 1.99. The molecule has 7 heteroatoms. The lowest BCUT2D eigenvalue weighted by molar-refractivity contribution is -0.385. The van der Waals surface area contributed by atoms with Crippen LogP contribution in [-0.2, 0) is 13.0 Å². The second-order valence-corrected chi connectivity index (χ2v) is 6.02. The minimum Gasteiger partial charge on any atom is -0.496 e. The van der Waals surface area contributed by atoms with E-state index < -0.39 is 4.92 Å². The Bertz CT molecular complexity index is 765. The fourth-order valence-corrected chi connectivity index (χ4v) is 2.78. The molecule has 6 nitrogen and oxygen atoms in total. The molecule has 0 atom stereocenters. The third-order valence-corrected chi connectivity index (χ3v) is 4.23. The van der Waals surface area contributed by atoms with Crippen LogP contribution in [0, 0.1) is 17.0 Å². The molecule has 0 saturated carbocycles. The highest BCUT2D eigenvalue weighted by Crippen LogP contribution is 2.33. The highest BCUT2D eigenvalue weighted by atomic mass is 35.5. The van der Waals surface area contributed by atoms with Crippen molar-refractivity contribution in [2.75, 3.05) is 20.8 Å². The van der Waals surface area contributed by atoms with Gasteiger partial charge in [0, 0.05) is 18.2 Å². The molecule has 0 aliphatic carbocycles. The van der Waals surface area contributed by atoms with Crippen LogP contribution >= 0.6 is 11.6 Å². The summed E-state index contributed by atoms with van der Waals surface area (Å²) >= 11 is 6.16. The van der Waals surface area contributed by atoms with Crippen molar-refractivity contribution in [1.29, 1.82) is 0 Å². The van der Waals surface area contributed by atoms with Crippen LogP contribution in [0.1, 0.15) is 16.7 Å². The Morgan fingerprint density at radius 2 is 1.84 bits per heavy atom. The third kappa shape index (κ3) is 4.84. The number of aryl methyl sites for hydroxylation is 1. The molecule has 0 aromatic heterocycles. The van der Waals surface area contributed by atoms with Gasteiger partial charge in [-0.25, -0.2) is 0 Å². The first-order chi connectivity index (χ1) is 12.0. The van der Waals surface area contributed by atoms with Gasteiger partial charge in [-0.3, -0.25) is 10.1 Å². The Kier molecular flexibility index (Phi) is 6.61. The summed E-state index contributed by atoms with van der Waals surface area (Å²) in [4.78, 5) is 10.5. The number of ether oxygens (including phenoxy) is 2. The van der Waals surface area contributed by atoms with Gasteiger partial charge in [0.05, 0.1) is 24.2 Å². The van der Waals surface area contributed by atoms with E-state index in [1.54, 1.807) is 13.2 Å². The molecule has 0 spiro atoms. The maximum Gasteiger partial charge on any atom is 0.312 e. The molecule has 0 saturated heterocycles. The van der Waals surface area contributed by atoms with Crippen molar-refractivity contribution in [2.24, 2.45) is 0 Å². The van der Waals surface area contributed by atoms with Crippen LogP contribution in [0.3, 0.4) is 0 Å². The monoisotopic (exact) mass is 364 g/mol. The molecule has 0 amide bonds. The summed E-state index contributed by atoms with van der Waals surface area (Å²) in [6.45, 7) is 3.34. The molecule has 1 N–H and O–H groups in total. The number of rotatable bonds is 8. The van der Waals surface area contributed by atoms with Crippen molar-refractivity contribution in [3.05, 3.63) is 62.2 Å². The minimum absolute atomic E-state index is 0.131. The molecule has 0 unspecified atom stereocenters. The SMILES string of the molecule is COc1cc(C)ccc1CNCCc1cc(OC)c([N+](=O)[O-])cc1Cl. The second-order valence-electron chi connectivity index (χ2n) is 5.61. The molecule has 0 bridgehead atoms. The topological polar surface area (TPSA) is 73.6 Å². The van der Waals surface area contributed by atoms with Crippen LogP contribution in [0.15, 0.2) is 30.3 Å². The molecule has 2 rings (SSSR count). The smallest absolute Gasteiger partial charge is 0.312 e. The van der Waals surface area contributed by atoms with Gasteiger partial charge in [-0.2, -0.15) is 0 Å². The van der Waals surface area contributed by atoms with Crippen molar-refractivity contribution in [3.8, 4) is 11.5 Å². The van der Waals surface area contributed by atoms with E-state index in [0.717, 1.165) is 22.4 Å². The zero-order valence-electron chi connectivity index (χ0n) is 14.5. The lowest BCUT2D eigenvalue weighted by Gasteiger charge is -2.11. The second kappa shape index (κ2) is 8.69. The number of hydrogen-bond donors (Lipinski definition) is 1. The van der Waals surface area contributed by atoms with Crippen LogP contribution in [0.5, 0.6) is 11.5 Å². The van der Waals surface area contributed by atoms with Crippen LogP contribution in [0.2, 0.25) is 5.02 Å². The van der Waals surface area contributed by atoms with Gasteiger partial charge < -0.3 is 14.8 Å². The Morgan fingerprint density at radius 3 is 2.48 bits per heavy atom. The molecule has 0 aliphatic heterocycles. The van der Waals surface area contributed by atoms with E-state index in [-0.39, 0.29) is 11.4 Å². The Morgan fingerprint density at radius 1 is 1.12 bits per heavy atom. The zero-order chi connectivity index (χ0) is 18.4. The maximum absolute atomic E-state index is 11.0. The quantitative estimate of drug-likeness (QED) is 0.437. The largest absolute Gasteiger partial charge is 0.496 e. The summed E-state index contributed by atoms with van der Waals surface area (Å²) in [5.74, 6) is 1.06. The zero-order valence-corrected chi connectivity index (χ0v) is 15.2. The van der Waals surface area contributed by atoms with Crippen molar-refractivity contribution in [2.45, 2.75) is 19.9 Å². The van der Waals surface area contributed by atoms with Gasteiger partial charge in [-0.1, -0.05) is 23.7 Å². The highest BCUT2D eigenvalue weighted by molar-refractivity contribution is 6.31. The van der Waals surface area contributed by atoms with E-state index in [9.17, 15) is 10.1 Å². The maximum atomic E-state index is 11.0. The average Bonchev–Trinajstić information content (AvgIpc) is 2.60. The summed E-state index contributed by atoms with van der Waals surface area (Å²) in [5.41, 5.74) is 2.88. The minimum atomic E-state index is -0.504. The summed E-state index contributed by atoms with van der Waals surface area (Å²) in [6.07, 6.45) is 0.626. The number of hydrogen-bond acceptors (Lipinski definition) is 5. The number of halogens is 1. The summed E-state index contributed by atoms with van der Waals surface area (Å²) in [7, 11) is 3.06. The van der Waals surface area contributed by atoms with Crippen molar-refractivity contribution < 1.29 is 14.4 Å². The number of nitro benzene ring substituents is 1. The molecule has 2 aromatic carbocycles. The molecule has 0 fully saturated rings. The Hall–Kier alpha value is -2.31. The lowest BCUT2D eigenvalue weighted by Crippen LogP contribution is -2.17. The van der Waals surface area contributed by atoms with E-state index in [0.29, 0.717) is 24.5 Å². The fraction of sp³-hybridized carbons (Fsp3) is 0.333. The van der Waals surface area contributed by atoms with Gasteiger partial charge >= 0.3 is 5.69 Å². The van der Waals surface area contributed by atoms with E-state index in [4.69, 9.17) is 21.1 Å². The lowest BCUT2D eigenvalue weighted by atomic mass is 10.1. The summed E-state index contributed by atoms with van der Waals surface area (Å²) in [6, 6.07) is 9.02. The van der Waals surface area contributed by atoms with Crippen LogP contribution in [-0.4, -0.2) is 25.7 Å². The normalized spacial score (nSPS) is 10.6. The van der Waals surface area contributed by atoms with E-state index in [1.165, 1.54) is 13.2 Å². The number of nitrogens with zero attached hydrogens (tertiary/aromatic N) is 1. The Labute approximate surface area is 151 Å². The first kappa shape index (κ1) is 19.0. The number of nitrogens with one attached hydrogen (secondary N) is 1. The van der Waals surface area contributed by atoms with Crippen molar-refractivity contribution in [1.82, 2.24) is 5.32 Å². The first-order valence-electron chi connectivity index (χ1n) is 7.81. The van der Waals surface area contributed by atoms with E-state index in [2.05, 4.69) is 5.32 Å². The fourth-order valence-electron chi connectivity index (χ4n) is 2.53. The van der Waals surface area contributed by atoms with Gasteiger partial charge in [0.25, 0.3) is 0 Å². The number of methoxy groups -OCH3 is 2. The molecular formula is C18H21ClN2O4. The van der Waals surface area contributed by atoms with E-state index >= 15 is 0 Å². The summed E-state index contributed by atoms with van der Waals surface area (Å²) < 4.78 is 10.5. The molecule has 0 heterocycles. The molecule has 134 valence electrons. The standard InChI is InChI=1S/C18H21ClN2O4/c1-12-4-5-14(17(8-12)24-2)11-20-7-6-13-9-18(25-3)16(21(22)23)10-15(13)19/h4-5,8-10,20H,6-7,11H2,1-3H3. The molecule has 2 aromatic rings. The summed E-state index contributed by atoms with van der Waals surface area (Å²) in [5, 5.41) is 14.7. The number of nitro groups is 1. The molecule has 0 aliphatic rings. The van der Waals surface area contributed by atoms with Gasteiger partial charge in [0.2, 0.25) is 0 Å². The van der Waals surface area contributed by atoms with E-state index in [1.807, 2.05) is 25.1 Å². The van der Waals surface area contributed by atoms with Crippen LogP contribution < -0.4 is 14.8 Å². The van der Waals surface area contributed by atoms with Crippen molar-refractivity contribution >= 4 is 17.3 Å². The van der Waals surface area contributed by atoms with Crippen molar-refractivity contribution in [3.63, 3.8) is 0 Å². The average molecular weight is 365 g/mol. The first-order valence-corrected chi connectivity index (χ1v) is 8.19. The van der Waals surface area contributed by atoms with Gasteiger partial charge in [0.1, 0.15) is 5.75 Å². The van der Waals surface area contributed by atoms with Crippen LogP contribution in [0.4, 0.5) is 5.69 Å².